The third kappa shape index (κ3) is 5.66. The fourth-order valence-electron chi connectivity index (χ4n) is 2.72. The summed E-state index contributed by atoms with van der Waals surface area (Å²) in [5.41, 5.74) is 0.636. The minimum Gasteiger partial charge on any atom is -0.481 e. The summed E-state index contributed by atoms with van der Waals surface area (Å²) in [4.78, 5) is 34.3. The highest BCUT2D eigenvalue weighted by Gasteiger charge is 2.38. The van der Waals surface area contributed by atoms with Crippen molar-refractivity contribution in [3.05, 3.63) is 35.9 Å². The van der Waals surface area contributed by atoms with Gasteiger partial charge in [-0.3, -0.25) is 14.9 Å². The molecule has 1 saturated heterocycles. The van der Waals surface area contributed by atoms with Gasteiger partial charge in [-0.25, -0.2) is 9.80 Å². The van der Waals surface area contributed by atoms with E-state index in [9.17, 15) is 19.5 Å². The standard InChI is InChI=1S/C18H23N3O5/c22-15(13-8-4-3-5-9-13)12-19-21-14(17(25)20-18(21)26)10-6-1-2-7-11-16(23)24/h3-5,8-9,12,14-15,22H,1-2,6-7,10-11H2,(H,23,24)(H,20,25,26)/b19-12+. The maximum atomic E-state index is 11.9. The summed E-state index contributed by atoms with van der Waals surface area (Å²) < 4.78 is 0. The molecule has 1 aliphatic heterocycles. The van der Waals surface area contributed by atoms with Crippen molar-refractivity contribution < 1.29 is 24.6 Å². The predicted octanol–water partition coefficient (Wildman–Crippen LogP) is 2.05. The van der Waals surface area contributed by atoms with E-state index in [1.165, 1.54) is 6.21 Å². The summed E-state index contributed by atoms with van der Waals surface area (Å²) in [6, 6.07) is 7.55. The van der Waals surface area contributed by atoms with E-state index in [1.54, 1.807) is 24.3 Å². The first-order valence-corrected chi connectivity index (χ1v) is 8.62. The lowest BCUT2D eigenvalue weighted by Crippen LogP contribution is -2.31. The van der Waals surface area contributed by atoms with Crippen molar-refractivity contribution in [2.75, 3.05) is 0 Å². The van der Waals surface area contributed by atoms with Crippen molar-refractivity contribution in [2.45, 2.75) is 50.7 Å². The number of hydrogen-bond acceptors (Lipinski definition) is 5. The van der Waals surface area contributed by atoms with Crippen LogP contribution in [0.15, 0.2) is 35.4 Å². The van der Waals surface area contributed by atoms with E-state index in [2.05, 4.69) is 10.4 Å². The van der Waals surface area contributed by atoms with Crippen LogP contribution < -0.4 is 5.32 Å². The Balaban J connectivity index is 1.86. The van der Waals surface area contributed by atoms with E-state index in [1.807, 2.05) is 6.07 Å². The number of hydrogen-bond donors (Lipinski definition) is 3. The smallest absolute Gasteiger partial charge is 0.345 e. The molecule has 2 rings (SSSR count). The highest BCUT2D eigenvalue weighted by molar-refractivity contribution is 6.04. The fourth-order valence-corrected chi connectivity index (χ4v) is 2.72. The van der Waals surface area contributed by atoms with Crippen LogP contribution in [0.25, 0.3) is 0 Å². The average Bonchev–Trinajstić information content (AvgIpc) is 2.89. The lowest BCUT2D eigenvalue weighted by atomic mass is 10.1. The maximum Gasteiger partial charge on any atom is 0.345 e. The quantitative estimate of drug-likeness (QED) is 0.335. The first-order valence-electron chi connectivity index (χ1n) is 8.62. The van der Waals surface area contributed by atoms with Gasteiger partial charge in [0.25, 0.3) is 5.91 Å². The van der Waals surface area contributed by atoms with Crippen molar-refractivity contribution in [3.8, 4) is 0 Å². The number of aliphatic hydroxyl groups is 1. The molecular formula is C18H23N3O5. The summed E-state index contributed by atoms with van der Waals surface area (Å²) >= 11 is 0. The van der Waals surface area contributed by atoms with Gasteiger partial charge in [-0.1, -0.05) is 49.6 Å². The number of unbranched alkanes of at least 4 members (excludes halogenated alkanes) is 3. The number of carboxylic acids is 1. The number of nitrogens with one attached hydrogen (secondary N) is 1. The number of rotatable bonds is 10. The molecule has 0 radical (unpaired) electrons. The van der Waals surface area contributed by atoms with E-state index >= 15 is 0 Å². The SMILES string of the molecule is O=C(O)CCCCCCC1C(=O)NC(=O)N1/N=C/C(O)c1ccccc1. The van der Waals surface area contributed by atoms with Gasteiger partial charge in [-0.2, -0.15) is 5.10 Å². The topological polar surface area (TPSA) is 119 Å². The molecule has 2 unspecified atom stereocenters. The highest BCUT2D eigenvalue weighted by Crippen LogP contribution is 2.18. The van der Waals surface area contributed by atoms with Gasteiger partial charge in [0.1, 0.15) is 12.1 Å². The molecule has 140 valence electrons. The van der Waals surface area contributed by atoms with Crippen LogP contribution in [0.1, 0.15) is 50.2 Å². The highest BCUT2D eigenvalue weighted by atomic mass is 16.4. The largest absolute Gasteiger partial charge is 0.481 e. The summed E-state index contributed by atoms with van der Waals surface area (Å²) in [6.45, 7) is 0. The zero-order valence-electron chi connectivity index (χ0n) is 14.4. The number of carbonyl (C=O) groups is 3. The van der Waals surface area contributed by atoms with Crippen molar-refractivity contribution in [1.29, 1.82) is 0 Å². The second-order valence-corrected chi connectivity index (χ2v) is 6.12. The number of aliphatic carboxylic acids is 1. The van der Waals surface area contributed by atoms with E-state index in [4.69, 9.17) is 5.11 Å². The number of carbonyl (C=O) groups excluding carboxylic acids is 2. The van der Waals surface area contributed by atoms with Crippen LogP contribution in [0.4, 0.5) is 4.79 Å². The molecule has 0 saturated carbocycles. The Hall–Kier alpha value is -2.74. The zero-order valence-corrected chi connectivity index (χ0v) is 14.4. The number of carboxylic acid groups (broad SMARTS) is 1. The predicted molar refractivity (Wildman–Crippen MR) is 94.4 cm³/mol. The second kappa shape index (κ2) is 9.67. The molecule has 2 atom stereocenters. The van der Waals surface area contributed by atoms with Gasteiger partial charge in [0, 0.05) is 6.42 Å². The maximum absolute atomic E-state index is 11.9. The number of hydrazone groups is 1. The molecule has 0 aliphatic carbocycles. The fraction of sp³-hybridized carbons (Fsp3) is 0.444. The van der Waals surface area contributed by atoms with Crippen LogP contribution in [0.3, 0.4) is 0 Å². The lowest BCUT2D eigenvalue weighted by molar-refractivity contribution is -0.137. The van der Waals surface area contributed by atoms with Gasteiger partial charge in [-0.15, -0.1) is 0 Å². The van der Waals surface area contributed by atoms with E-state index < -0.39 is 30.1 Å². The Labute approximate surface area is 151 Å². The van der Waals surface area contributed by atoms with Crippen LogP contribution in [0.2, 0.25) is 0 Å². The first kappa shape index (κ1) is 19.6. The molecular weight excluding hydrogens is 338 g/mol. The van der Waals surface area contributed by atoms with Crippen molar-refractivity contribution in [3.63, 3.8) is 0 Å². The molecule has 26 heavy (non-hydrogen) atoms. The number of imide groups is 1. The van der Waals surface area contributed by atoms with Crippen LogP contribution in [0, 0.1) is 0 Å². The van der Waals surface area contributed by atoms with Crippen LogP contribution in [-0.4, -0.2) is 45.4 Å². The molecule has 3 amide bonds. The summed E-state index contributed by atoms with van der Waals surface area (Å²) in [5, 5.41) is 26.0. The van der Waals surface area contributed by atoms with Crippen molar-refractivity contribution >= 4 is 24.1 Å². The molecule has 1 aliphatic rings. The normalized spacial score (nSPS) is 18.3. The summed E-state index contributed by atoms with van der Waals surface area (Å²) in [7, 11) is 0. The average molecular weight is 361 g/mol. The molecule has 1 fully saturated rings. The van der Waals surface area contributed by atoms with Crippen molar-refractivity contribution in [1.82, 2.24) is 10.3 Å². The minimum absolute atomic E-state index is 0.135. The first-order chi connectivity index (χ1) is 12.5. The Bertz CT molecular complexity index is 662. The van der Waals surface area contributed by atoms with Gasteiger partial charge in [-0.05, 0) is 18.4 Å². The minimum atomic E-state index is -0.976. The van der Waals surface area contributed by atoms with Gasteiger partial charge in [0.15, 0.2) is 0 Å². The number of amides is 3. The van der Waals surface area contributed by atoms with Crippen molar-refractivity contribution in [2.24, 2.45) is 5.10 Å². The summed E-state index contributed by atoms with van der Waals surface area (Å²) in [6.07, 6.45) is 3.62. The van der Waals surface area contributed by atoms with Gasteiger partial charge < -0.3 is 10.2 Å². The van der Waals surface area contributed by atoms with Crippen LogP contribution in [0.5, 0.6) is 0 Å². The van der Waals surface area contributed by atoms with Gasteiger partial charge in [0.05, 0.1) is 6.21 Å². The number of benzene rings is 1. The molecule has 1 aromatic rings. The number of nitrogens with zero attached hydrogens (tertiary/aromatic N) is 2. The third-order valence-electron chi connectivity index (χ3n) is 4.13. The van der Waals surface area contributed by atoms with E-state index in [-0.39, 0.29) is 6.42 Å². The summed E-state index contributed by atoms with van der Waals surface area (Å²) in [5.74, 6) is -1.23. The molecule has 8 nitrogen and oxygen atoms in total. The second-order valence-electron chi connectivity index (χ2n) is 6.12. The lowest BCUT2D eigenvalue weighted by Gasteiger charge is -2.16. The van der Waals surface area contributed by atoms with Crippen LogP contribution >= 0.6 is 0 Å². The Kier molecular flexibility index (Phi) is 7.28. The number of urea groups is 1. The molecule has 0 bridgehead atoms. The van der Waals surface area contributed by atoms with Crippen LogP contribution in [-0.2, 0) is 9.59 Å². The zero-order chi connectivity index (χ0) is 18.9. The molecule has 8 heteroatoms. The van der Waals surface area contributed by atoms with E-state index in [0.717, 1.165) is 17.9 Å². The Morgan fingerprint density at radius 2 is 1.88 bits per heavy atom. The monoisotopic (exact) mass is 361 g/mol. The third-order valence-corrected chi connectivity index (χ3v) is 4.13. The Morgan fingerprint density at radius 1 is 1.19 bits per heavy atom. The molecule has 1 aromatic carbocycles. The molecule has 0 aromatic heterocycles. The van der Waals surface area contributed by atoms with Gasteiger partial charge in [0.2, 0.25) is 0 Å². The van der Waals surface area contributed by atoms with E-state index in [0.29, 0.717) is 24.8 Å². The number of aliphatic hydroxyl groups excluding tert-OH is 1. The molecule has 0 spiro atoms. The Morgan fingerprint density at radius 3 is 2.58 bits per heavy atom. The molecule has 1 heterocycles. The van der Waals surface area contributed by atoms with Gasteiger partial charge >= 0.3 is 12.0 Å². The molecule has 3 N–H and O–H groups in total.